The summed E-state index contributed by atoms with van der Waals surface area (Å²) >= 11 is 1.88. The van der Waals surface area contributed by atoms with Crippen LogP contribution in [-0.4, -0.2) is 23.9 Å². The normalized spacial score (nSPS) is 12.2. The smallest absolute Gasteiger partial charge is 0.166 e. The maximum atomic E-state index is 5.17. The van der Waals surface area contributed by atoms with E-state index in [9.17, 15) is 0 Å². The van der Waals surface area contributed by atoms with Crippen molar-refractivity contribution in [1.82, 2.24) is 23.9 Å². The van der Waals surface area contributed by atoms with Gasteiger partial charge in [0.15, 0.2) is 17.5 Å². The van der Waals surface area contributed by atoms with E-state index in [-0.39, 0.29) is 0 Å². The number of thiophene rings is 1. The summed E-state index contributed by atoms with van der Waals surface area (Å²) in [4.78, 5) is 16.6. The fourth-order valence-electron chi connectivity index (χ4n) is 8.52. The molecule has 0 aliphatic heterocycles. The van der Waals surface area contributed by atoms with Crippen molar-refractivity contribution in [3.8, 4) is 39.9 Å². The quantitative estimate of drug-likeness (QED) is 0.184. The number of nitrogens with zero attached hydrogens (tertiary/aromatic N) is 5. The number of benzene rings is 7. The van der Waals surface area contributed by atoms with Gasteiger partial charge in [0.25, 0.3) is 0 Å². The molecule has 12 rings (SSSR count). The monoisotopic (exact) mass is 693 g/mol. The van der Waals surface area contributed by atoms with Gasteiger partial charge in [0.1, 0.15) is 4.83 Å². The van der Waals surface area contributed by atoms with Crippen molar-refractivity contribution >= 4 is 80.6 Å². The fourth-order valence-corrected chi connectivity index (χ4v) is 9.75. The number of fused-ring (bicyclic) bond motifs is 8. The Labute approximate surface area is 307 Å². The van der Waals surface area contributed by atoms with Crippen LogP contribution >= 0.6 is 11.3 Å². The summed E-state index contributed by atoms with van der Waals surface area (Å²) in [6.45, 7) is 0. The molecule has 53 heavy (non-hydrogen) atoms. The topological polar surface area (TPSA) is 48.0 Å². The summed E-state index contributed by atoms with van der Waals surface area (Å²) < 4.78 is 6.27. The van der Waals surface area contributed by atoms with E-state index < -0.39 is 0 Å². The Morgan fingerprint density at radius 1 is 0.396 bits per heavy atom. The molecule has 246 valence electrons. The van der Waals surface area contributed by atoms with E-state index in [1.807, 2.05) is 47.7 Å². The van der Waals surface area contributed by atoms with Crippen LogP contribution in [0.2, 0.25) is 0 Å². The van der Waals surface area contributed by atoms with Crippen LogP contribution in [0.15, 0.2) is 164 Å². The van der Waals surface area contributed by atoms with Gasteiger partial charge < -0.3 is 4.57 Å². The first-order valence-corrected chi connectivity index (χ1v) is 18.6. The van der Waals surface area contributed by atoms with Crippen molar-refractivity contribution in [2.24, 2.45) is 0 Å². The summed E-state index contributed by atoms with van der Waals surface area (Å²) in [6, 6.07) is 58.0. The summed E-state index contributed by atoms with van der Waals surface area (Å²) in [5.41, 5.74) is 8.63. The van der Waals surface area contributed by atoms with Crippen LogP contribution in [0.3, 0.4) is 0 Å². The third kappa shape index (κ3) is 3.98. The maximum absolute atomic E-state index is 5.17. The highest BCUT2D eigenvalue weighted by Gasteiger charge is 2.26. The number of para-hydroxylation sites is 2. The van der Waals surface area contributed by atoms with Crippen molar-refractivity contribution in [3.63, 3.8) is 0 Å². The van der Waals surface area contributed by atoms with Gasteiger partial charge in [-0.3, -0.25) is 4.40 Å². The van der Waals surface area contributed by atoms with Crippen molar-refractivity contribution in [2.75, 3.05) is 0 Å². The van der Waals surface area contributed by atoms with Crippen molar-refractivity contribution in [2.45, 2.75) is 0 Å². The van der Waals surface area contributed by atoms with E-state index in [4.69, 9.17) is 15.0 Å². The van der Waals surface area contributed by atoms with Gasteiger partial charge in [0.05, 0.1) is 27.8 Å². The zero-order valence-electron chi connectivity index (χ0n) is 28.2. The molecule has 12 aromatic rings. The van der Waals surface area contributed by atoms with Crippen LogP contribution in [0.4, 0.5) is 0 Å². The first-order valence-electron chi connectivity index (χ1n) is 17.8. The summed E-state index contributed by atoms with van der Waals surface area (Å²) in [6.07, 6.45) is 0. The van der Waals surface area contributed by atoms with Gasteiger partial charge >= 0.3 is 0 Å². The second-order valence-corrected chi connectivity index (χ2v) is 14.6. The Kier molecular flexibility index (Phi) is 5.87. The van der Waals surface area contributed by atoms with E-state index >= 15 is 0 Å². The van der Waals surface area contributed by atoms with Gasteiger partial charge in [0, 0.05) is 53.7 Å². The molecule has 0 saturated carbocycles. The standard InChI is InChI=1S/C47H27N5S/c1-3-14-28(15-4-1)44-48-45(29-16-5-2-6-17-29)50-46(49-44)32-19-8-11-23-36(32)51-37-24-13-21-31-30-18-7-10-22-35(30)52-43-34(26-27-38(51)42(43)41(31)37)40-33-20-9-12-25-39(33)53-47(40)52/h1-27H. The number of rotatable bonds is 4. The summed E-state index contributed by atoms with van der Waals surface area (Å²) in [7, 11) is 0. The van der Waals surface area contributed by atoms with Crippen molar-refractivity contribution < 1.29 is 0 Å². The lowest BCUT2D eigenvalue weighted by Gasteiger charge is -2.15. The molecule has 0 bridgehead atoms. The van der Waals surface area contributed by atoms with Crippen LogP contribution in [0.25, 0.3) is 109 Å². The largest absolute Gasteiger partial charge is 0.308 e. The molecule has 0 aliphatic rings. The lowest BCUT2D eigenvalue weighted by atomic mass is 10.0. The Bertz CT molecular complexity index is 3330. The van der Waals surface area contributed by atoms with Gasteiger partial charge in [0.2, 0.25) is 0 Å². The third-order valence-corrected chi connectivity index (χ3v) is 11.9. The fraction of sp³-hybridized carbons (Fsp3) is 0. The molecule has 0 N–H and O–H groups in total. The van der Waals surface area contributed by atoms with Crippen LogP contribution in [0.5, 0.6) is 0 Å². The van der Waals surface area contributed by atoms with Crippen LogP contribution in [-0.2, 0) is 0 Å². The van der Waals surface area contributed by atoms with Crippen LogP contribution in [0.1, 0.15) is 0 Å². The lowest BCUT2D eigenvalue weighted by molar-refractivity contribution is 1.06. The van der Waals surface area contributed by atoms with Crippen molar-refractivity contribution in [3.05, 3.63) is 164 Å². The first-order chi connectivity index (χ1) is 26.3. The van der Waals surface area contributed by atoms with Crippen LogP contribution < -0.4 is 0 Å². The highest BCUT2D eigenvalue weighted by atomic mass is 32.1. The Hall–Kier alpha value is -6.89. The van der Waals surface area contributed by atoms with Crippen LogP contribution in [0, 0.1) is 0 Å². The SMILES string of the molecule is c1ccc(-c2nc(-c3ccccc3)nc(-c3ccccc3-n3c4cccc5c6ccccc6n6c7sc8ccccc8c7c7ccc3c(c54)c76)n2)cc1. The molecule has 5 aromatic heterocycles. The Morgan fingerprint density at radius 3 is 1.79 bits per heavy atom. The number of hydrogen-bond donors (Lipinski definition) is 0. The minimum Gasteiger partial charge on any atom is -0.308 e. The minimum atomic E-state index is 0.633. The van der Waals surface area contributed by atoms with Gasteiger partial charge in [-0.15, -0.1) is 11.3 Å². The molecule has 0 amide bonds. The second kappa shape index (κ2) is 10.8. The molecule has 7 aromatic carbocycles. The van der Waals surface area contributed by atoms with E-state index in [0.717, 1.165) is 33.4 Å². The van der Waals surface area contributed by atoms with E-state index in [1.165, 1.54) is 58.3 Å². The van der Waals surface area contributed by atoms with E-state index in [1.54, 1.807) is 0 Å². The average molecular weight is 694 g/mol. The second-order valence-electron chi connectivity index (χ2n) is 13.6. The molecule has 0 saturated heterocycles. The van der Waals surface area contributed by atoms with Crippen molar-refractivity contribution in [1.29, 1.82) is 0 Å². The molecule has 5 heterocycles. The molecule has 0 atom stereocenters. The number of hydrogen-bond acceptors (Lipinski definition) is 4. The maximum Gasteiger partial charge on any atom is 0.166 e. The molecule has 0 aliphatic carbocycles. The molecular formula is C47H27N5S. The van der Waals surface area contributed by atoms with Gasteiger partial charge in [-0.1, -0.05) is 127 Å². The minimum absolute atomic E-state index is 0.633. The Balaban J connectivity index is 1.22. The van der Waals surface area contributed by atoms with E-state index in [2.05, 4.69) is 136 Å². The molecule has 0 fully saturated rings. The molecule has 6 heteroatoms. The highest BCUT2D eigenvalue weighted by molar-refractivity contribution is 7.25. The number of aromatic nitrogens is 5. The molecule has 0 spiro atoms. The lowest BCUT2D eigenvalue weighted by Crippen LogP contribution is -2.03. The average Bonchev–Trinajstić information content (AvgIpc) is 3.85. The summed E-state index contributed by atoms with van der Waals surface area (Å²) in [5, 5.41) is 8.90. The molecule has 5 nitrogen and oxygen atoms in total. The predicted molar refractivity (Wildman–Crippen MR) is 221 cm³/mol. The molecular weight excluding hydrogens is 667 g/mol. The van der Waals surface area contributed by atoms with E-state index in [0.29, 0.717) is 17.5 Å². The zero-order valence-corrected chi connectivity index (χ0v) is 29.0. The molecule has 0 radical (unpaired) electrons. The first kappa shape index (κ1) is 28.8. The van der Waals surface area contributed by atoms with Gasteiger partial charge in [-0.25, -0.2) is 15.0 Å². The zero-order chi connectivity index (χ0) is 34.6. The highest BCUT2D eigenvalue weighted by Crippen LogP contribution is 2.49. The third-order valence-electron chi connectivity index (χ3n) is 10.7. The van der Waals surface area contributed by atoms with Gasteiger partial charge in [-0.05, 0) is 41.8 Å². The molecule has 0 unspecified atom stereocenters. The summed E-state index contributed by atoms with van der Waals surface area (Å²) in [5.74, 6) is 1.92. The predicted octanol–water partition coefficient (Wildman–Crippen LogP) is 12.3. The van der Waals surface area contributed by atoms with Gasteiger partial charge in [-0.2, -0.15) is 0 Å². The Morgan fingerprint density at radius 2 is 1.00 bits per heavy atom.